The highest BCUT2D eigenvalue weighted by Gasteiger charge is 2.20. The smallest absolute Gasteiger partial charge is 0.387 e. The largest absolute Gasteiger partial charge is 0.492 e. The third kappa shape index (κ3) is 12.0. The zero-order valence-corrected chi connectivity index (χ0v) is 30.5. The van der Waals surface area contributed by atoms with Gasteiger partial charge in [-0.3, -0.25) is 0 Å². The van der Waals surface area contributed by atoms with Gasteiger partial charge in [-0.1, -0.05) is 12.1 Å². The van der Waals surface area contributed by atoms with E-state index in [1.807, 2.05) is 19.1 Å². The Balaban J connectivity index is 0.000000218. The maximum Gasteiger partial charge on any atom is 0.387 e. The lowest BCUT2D eigenvalue weighted by molar-refractivity contribution is -0.0493. The van der Waals surface area contributed by atoms with E-state index in [4.69, 9.17) is 24.7 Å². The van der Waals surface area contributed by atoms with Crippen molar-refractivity contribution in [2.24, 2.45) is 0 Å². The second-order valence-electron chi connectivity index (χ2n) is 12.2. The summed E-state index contributed by atoms with van der Waals surface area (Å²) in [5.41, 5.74) is 1.93. The number of rotatable bonds is 10. The minimum atomic E-state index is -3.12. The van der Waals surface area contributed by atoms with E-state index in [0.717, 1.165) is 19.2 Å². The first kappa shape index (κ1) is 41.7. The maximum absolute atomic E-state index is 14.4. The third-order valence-electron chi connectivity index (χ3n) is 8.31. The molecule has 6 N–H and O–H groups in total. The standard InChI is InChI=1S/C20H21FN4O3.C19H17F3N4O3/c1-2-27-18-6-3-13(11-22)9-17(18)25-20(26)24-16-5-4-14(10-15(16)21)19-12-23-7-8-28-19;20-13-8-12(17-10-24-5-6-28-17)2-3-14(13)25-19(27)26-15-7-11(9-23)1-4-16(15)29-18(21)22/h3-6,9-10,19,23H,2,7-8,12H2,1H3,(H2,24,25,26);1-4,7-8,17-18,24H,5-6,10H2,(H2,25,26,27)/t19-;17-/m10/s1. The number of nitrogens with zero attached hydrogens (tertiary/aromatic N) is 2. The van der Waals surface area contributed by atoms with Crippen LogP contribution in [0.25, 0.3) is 0 Å². The Labute approximate surface area is 325 Å². The SMILES string of the molecule is CCOc1ccc(C#N)cc1NC(=O)Nc1ccc([C@H]2CNCCO2)cc1F.N#Cc1ccc(OC(F)F)c(NC(=O)Nc2ccc([C@@H]3CNCCO3)cc2F)c1. The number of nitriles is 2. The molecule has 0 saturated carbocycles. The number of nitrogens with one attached hydrogen (secondary N) is 6. The highest BCUT2D eigenvalue weighted by molar-refractivity contribution is 6.01. The van der Waals surface area contributed by atoms with Crippen molar-refractivity contribution < 1.29 is 46.1 Å². The van der Waals surface area contributed by atoms with Crippen LogP contribution in [-0.4, -0.2) is 64.7 Å². The predicted octanol–water partition coefficient (Wildman–Crippen LogP) is 7.00. The number of halogens is 4. The van der Waals surface area contributed by atoms with Gasteiger partial charge in [-0.05, 0) is 78.7 Å². The Morgan fingerprint density at radius 1 is 0.719 bits per heavy atom. The molecule has 0 aromatic heterocycles. The molecule has 0 spiro atoms. The van der Waals surface area contributed by atoms with Crippen LogP contribution >= 0.6 is 0 Å². The van der Waals surface area contributed by atoms with Gasteiger partial charge in [-0.2, -0.15) is 19.3 Å². The minimum absolute atomic E-state index is 0.0411. The highest BCUT2D eigenvalue weighted by Crippen LogP contribution is 2.30. The third-order valence-corrected chi connectivity index (χ3v) is 8.31. The van der Waals surface area contributed by atoms with Crippen LogP contribution in [0.3, 0.4) is 0 Å². The number of carbonyl (C=O) groups is 2. The number of benzene rings is 4. The number of carbonyl (C=O) groups excluding carboxylic acids is 2. The number of alkyl halides is 2. The van der Waals surface area contributed by atoms with Gasteiger partial charge in [-0.25, -0.2) is 18.4 Å². The molecule has 0 aliphatic carbocycles. The molecule has 4 aromatic carbocycles. The second kappa shape index (κ2) is 20.5. The molecule has 14 nitrogen and oxygen atoms in total. The van der Waals surface area contributed by atoms with Gasteiger partial charge >= 0.3 is 18.7 Å². The normalized spacial score (nSPS) is 16.1. The lowest BCUT2D eigenvalue weighted by Gasteiger charge is -2.24. The van der Waals surface area contributed by atoms with Gasteiger partial charge in [-0.15, -0.1) is 0 Å². The highest BCUT2D eigenvalue weighted by atomic mass is 19.3. The topological polar surface area (TPSA) is 191 Å². The zero-order chi connectivity index (χ0) is 40.7. The number of morpholine rings is 2. The van der Waals surface area contributed by atoms with Gasteiger partial charge in [0.1, 0.15) is 23.1 Å². The summed E-state index contributed by atoms with van der Waals surface area (Å²) in [5.74, 6) is -1.14. The fourth-order valence-electron chi connectivity index (χ4n) is 5.65. The van der Waals surface area contributed by atoms with E-state index in [2.05, 4.69) is 36.6 Å². The summed E-state index contributed by atoms with van der Waals surface area (Å²) in [6.45, 7) is 2.84. The van der Waals surface area contributed by atoms with Gasteiger partial charge in [0.2, 0.25) is 0 Å². The molecule has 18 heteroatoms. The Morgan fingerprint density at radius 2 is 1.18 bits per heavy atom. The molecule has 2 saturated heterocycles. The fraction of sp³-hybridized carbons (Fsp3) is 0.282. The van der Waals surface area contributed by atoms with Crippen LogP contribution in [0.1, 0.15) is 41.4 Å². The number of ether oxygens (including phenoxy) is 4. The molecule has 4 aromatic rings. The molecular formula is C39H38F4N8O6. The predicted molar refractivity (Wildman–Crippen MR) is 201 cm³/mol. The van der Waals surface area contributed by atoms with E-state index < -0.39 is 30.3 Å². The Bertz CT molecular complexity index is 2120. The van der Waals surface area contributed by atoms with Crippen LogP contribution in [0.15, 0.2) is 72.8 Å². The van der Waals surface area contributed by atoms with E-state index in [1.165, 1.54) is 42.5 Å². The second-order valence-corrected chi connectivity index (χ2v) is 12.2. The van der Waals surface area contributed by atoms with Crippen molar-refractivity contribution in [1.29, 1.82) is 10.5 Å². The molecule has 0 unspecified atom stereocenters. The first-order chi connectivity index (χ1) is 27.6. The molecule has 0 bridgehead atoms. The average Bonchev–Trinajstić information content (AvgIpc) is 3.21. The van der Waals surface area contributed by atoms with Gasteiger partial charge in [0.05, 0.1) is 78.0 Å². The summed E-state index contributed by atoms with van der Waals surface area (Å²) < 4.78 is 74.8. The van der Waals surface area contributed by atoms with Crippen molar-refractivity contribution >= 4 is 34.8 Å². The summed E-state index contributed by atoms with van der Waals surface area (Å²) in [6.07, 6.45) is -0.502. The average molecular weight is 791 g/mol. The summed E-state index contributed by atoms with van der Waals surface area (Å²) in [5, 5.41) is 34.0. The maximum atomic E-state index is 14.4. The van der Waals surface area contributed by atoms with Gasteiger partial charge < -0.3 is 50.8 Å². The first-order valence-corrected chi connectivity index (χ1v) is 17.6. The van der Waals surface area contributed by atoms with Crippen molar-refractivity contribution in [3.8, 4) is 23.6 Å². The first-order valence-electron chi connectivity index (χ1n) is 17.6. The van der Waals surface area contributed by atoms with Crippen LogP contribution in [0.2, 0.25) is 0 Å². The molecule has 0 radical (unpaired) electrons. The zero-order valence-electron chi connectivity index (χ0n) is 30.5. The Hall–Kier alpha value is -6.44. The van der Waals surface area contributed by atoms with E-state index >= 15 is 0 Å². The van der Waals surface area contributed by atoms with Crippen LogP contribution in [0, 0.1) is 34.3 Å². The van der Waals surface area contributed by atoms with E-state index in [9.17, 15) is 27.2 Å². The lowest BCUT2D eigenvalue weighted by atomic mass is 10.1. The van der Waals surface area contributed by atoms with Crippen LogP contribution in [-0.2, 0) is 9.47 Å². The molecule has 2 fully saturated rings. The number of amides is 4. The lowest BCUT2D eigenvalue weighted by Crippen LogP contribution is -2.33. The number of hydrogen-bond acceptors (Lipinski definition) is 10. The monoisotopic (exact) mass is 790 g/mol. The summed E-state index contributed by atoms with van der Waals surface area (Å²) in [7, 11) is 0. The molecule has 2 aliphatic rings. The Kier molecular flexibility index (Phi) is 15.0. The van der Waals surface area contributed by atoms with Crippen molar-refractivity contribution in [2.45, 2.75) is 25.7 Å². The van der Waals surface area contributed by atoms with Crippen molar-refractivity contribution in [2.75, 3.05) is 67.3 Å². The van der Waals surface area contributed by atoms with Crippen LogP contribution in [0.5, 0.6) is 11.5 Å². The quantitative estimate of drug-likeness (QED) is 0.0912. The molecule has 2 heterocycles. The van der Waals surface area contributed by atoms with E-state index in [1.54, 1.807) is 24.3 Å². The molecule has 2 aliphatic heterocycles. The van der Waals surface area contributed by atoms with Gasteiger partial charge in [0, 0.05) is 26.2 Å². The molecular weight excluding hydrogens is 752 g/mol. The van der Waals surface area contributed by atoms with E-state index in [-0.39, 0.29) is 40.6 Å². The van der Waals surface area contributed by atoms with Crippen molar-refractivity contribution in [1.82, 2.24) is 10.6 Å². The number of urea groups is 2. The van der Waals surface area contributed by atoms with Crippen molar-refractivity contribution in [3.05, 3.63) is 107 Å². The van der Waals surface area contributed by atoms with Crippen LogP contribution < -0.4 is 41.4 Å². The number of hydrogen-bond donors (Lipinski definition) is 6. The summed E-state index contributed by atoms with van der Waals surface area (Å²) in [6, 6.07) is 19.4. The van der Waals surface area contributed by atoms with E-state index in [0.29, 0.717) is 61.0 Å². The number of anilines is 4. The Morgan fingerprint density at radius 3 is 1.58 bits per heavy atom. The molecule has 4 amide bonds. The summed E-state index contributed by atoms with van der Waals surface area (Å²) in [4.78, 5) is 24.5. The van der Waals surface area contributed by atoms with Crippen LogP contribution in [0.4, 0.5) is 49.9 Å². The molecule has 57 heavy (non-hydrogen) atoms. The van der Waals surface area contributed by atoms with Crippen molar-refractivity contribution in [3.63, 3.8) is 0 Å². The minimum Gasteiger partial charge on any atom is -0.492 e. The summed E-state index contributed by atoms with van der Waals surface area (Å²) >= 11 is 0. The molecule has 298 valence electrons. The molecule has 6 rings (SSSR count). The molecule has 2 atom stereocenters. The van der Waals surface area contributed by atoms with Gasteiger partial charge in [0.25, 0.3) is 0 Å². The van der Waals surface area contributed by atoms with Gasteiger partial charge in [0.15, 0.2) is 0 Å². The fourth-order valence-corrected chi connectivity index (χ4v) is 5.65.